The maximum Gasteiger partial charge on any atom is 0.261 e. The molecule has 0 atom stereocenters. The molecule has 5 heteroatoms. The van der Waals surface area contributed by atoms with Crippen molar-refractivity contribution in [2.45, 2.75) is 4.90 Å². The third kappa shape index (κ3) is 2.59. The van der Waals surface area contributed by atoms with Crippen LogP contribution in [0.5, 0.6) is 0 Å². The van der Waals surface area contributed by atoms with Gasteiger partial charge in [0, 0.05) is 11.6 Å². The second kappa shape index (κ2) is 5.62. The molecule has 0 amide bonds. The van der Waals surface area contributed by atoms with E-state index in [1.54, 1.807) is 36.5 Å². The van der Waals surface area contributed by atoms with Crippen LogP contribution in [0.25, 0.3) is 21.7 Å². The number of nitrogens with zero attached hydrogens (tertiary/aromatic N) is 1. The van der Waals surface area contributed by atoms with Crippen molar-refractivity contribution in [1.29, 1.82) is 0 Å². The Balaban J connectivity index is 1.79. The van der Waals surface area contributed by atoms with E-state index in [0.29, 0.717) is 5.69 Å². The van der Waals surface area contributed by atoms with Crippen molar-refractivity contribution in [3.05, 3.63) is 79.0 Å². The molecular formula is C19H14N2O2S. The average molecular weight is 334 g/mol. The molecule has 0 aliphatic rings. The number of fused-ring (bicyclic) bond motifs is 2. The van der Waals surface area contributed by atoms with Gasteiger partial charge >= 0.3 is 0 Å². The Morgan fingerprint density at radius 1 is 0.792 bits per heavy atom. The lowest BCUT2D eigenvalue weighted by molar-refractivity contribution is 0.601. The summed E-state index contributed by atoms with van der Waals surface area (Å²) < 4.78 is 28.2. The number of pyridine rings is 1. The minimum absolute atomic E-state index is 0.238. The first-order valence-corrected chi connectivity index (χ1v) is 8.97. The summed E-state index contributed by atoms with van der Waals surface area (Å²) in [6, 6.07) is 21.8. The van der Waals surface area contributed by atoms with E-state index in [0.717, 1.165) is 21.7 Å². The minimum Gasteiger partial charge on any atom is -0.279 e. The standard InChI is InChI=1S/C19H14N2O2S/c22-24(23,16-11-10-14-5-1-2-6-15(14)13-16)21-19-9-3-8-18-17(19)7-4-12-20-18/h1-13,21H. The predicted molar refractivity (Wildman–Crippen MR) is 96.5 cm³/mol. The smallest absolute Gasteiger partial charge is 0.261 e. The number of hydrogen-bond acceptors (Lipinski definition) is 3. The molecule has 118 valence electrons. The summed E-state index contributed by atoms with van der Waals surface area (Å²) in [5.41, 5.74) is 1.27. The summed E-state index contributed by atoms with van der Waals surface area (Å²) in [6.07, 6.45) is 1.68. The highest BCUT2D eigenvalue weighted by Gasteiger charge is 2.16. The Morgan fingerprint density at radius 3 is 2.50 bits per heavy atom. The molecule has 4 nitrogen and oxygen atoms in total. The van der Waals surface area contributed by atoms with Crippen LogP contribution in [0, 0.1) is 0 Å². The van der Waals surface area contributed by atoms with Gasteiger partial charge in [0.1, 0.15) is 0 Å². The van der Waals surface area contributed by atoms with Gasteiger partial charge < -0.3 is 0 Å². The normalized spacial score (nSPS) is 11.7. The molecular weight excluding hydrogens is 320 g/mol. The van der Waals surface area contributed by atoms with Crippen LogP contribution < -0.4 is 4.72 Å². The topological polar surface area (TPSA) is 59.1 Å². The fourth-order valence-electron chi connectivity index (χ4n) is 2.73. The van der Waals surface area contributed by atoms with E-state index in [2.05, 4.69) is 9.71 Å². The molecule has 0 unspecified atom stereocenters. The van der Waals surface area contributed by atoms with Gasteiger partial charge in [-0.15, -0.1) is 0 Å². The largest absolute Gasteiger partial charge is 0.279 e. The van der Waals surface area contributed by atoms with Crippen molar-refractivity contribution >= 4 is 37.4 Å². The number of hydrogen-bond donors (Lipinski definition) is 1. The summed E-state index contributed by atoms with van der Waals surface area (Å²) in [5, 5.41) is 2.66. The molecule has 1 aromatic heterocycles. The zero-order chi connectivity index (χ0) is 16.6. The summed E-state index contributed by atoms with van der Waals surface area (Å²) >= 11 is 0. The number of rotatable bonds is 3. The van der Waals surface area contributed by atoms with E-state index in [-0.39, 0.29) is 4.90 Å². The first kappa shape index (κ1) is 14.7. The average Bonchev–Trinajstić information content (AvgIpc) is 2.61. The lowest BCUT2D eigenvalue weighted by atomic mass is 10.1. The molecule has 1 heterocycles. The molecule has 1 N–H and O–H groups in total. The van der Waals surface area contributed by atoms with Crippen LogP contribution in [0.15, 0.2) is 83.9 Å². The van der Waals surface area contributed by atoms with Crippen molar-refractivity contribution in [2.24, 2.45) is 0 Å². The Hall–Kier alpha value is -2.92. The van der Waals surface area contributed by atoms with Gasteiger partial charge in [-0.05, 0) is 47.2 Å². The maximum absolute atomic E-state index is 12.8. The summed E-state index contributed by atoms with van der Waals surface area (Å²) in [5.74, 6) is 0. The summed E-state index contributed by atoms with van der Waals surface area (Å²) in [7, 11) is -3.67. The lowest BCUT2D eigenvalue weighted by Crippen LogP contribution is -2.13. The van der Waals surface area contributed by atoms with Gasteiger partial charge in [-0.1, -0.05) is 36.4 Å². The molecule has 0 aliphatic heterocycles. The van der Waals surface area contributed by atoms with E-state index in [1.165, 1.54) is 0 Å². The minimum atomic E-state index is -3.67. The highest BCUT2D eigenvalue weighted by Crippen LogP contribution is 2.25. The second-order valence-corrected chi connectivity index (χ2v) is 7.17. The monoisotopic (exact) mass is 334 g/mol. The van der Waals surface area contributed by atoms with E-state index in [1.807, 2.05) is 42.5 Å². The molecule has 4 aromatic rings. The van der Waals surface area contributed by atoms with Crippen molar-refractivity contribution in [2.75, 3.05) is 4.72 Å². The van der Waals surface area contributed by atoms with Crippen LogP contribution in [0.1, 0.15) is 0 Å². The molecule has 0 saturated carbocycles. The third-order valence-corrected chi connectivity index (χ3v) is 5.28. The van der Waals surface area contributed by atoms with Gasteiger partial charge in [-0.25, -0.2) is 8.42 Å². The number of nitrogens with one attached hydrogen (secondary N) is 1. The number of anilines is 1. The fourth-order valence-corrected chi connectivity index (χ4v) is 3.85. The molecule has 4 rings (SSSR count). The Kier molecular flexibility index (Phi) is 3.43. The number of aromatic nitrogens is 1. The van der Waals surface area contributed by atoms with Crippen LogP contribution in [0.3, 0.4) is 0 Å². The lowest BCUT2D eigenvalue weighted by Gasteiger charge is -2.11. The van der Waals surface area contributed by atoms with Gasteiger partial charge in [-0.3, -0.25) is 9.71 Å². The summed E-state index contributed by atoms with van der Waals surface area (Å²) in [6.45, 7) is 0. The van der Waals surface area contributed by atoms with Crippen LogP contribution >= 0.6 is 0 Å². The van der Waals surface area contributed by atoms with Crippen LogP contribution in [-0.4, -0.2) is 13.4 Å². The van der Waals surface area contributed by atoms with E-state index in [9.17, 15) is 8.42 Å². The zero-order valence-corrected chi connectivity index (χ0v) is 13.5. The Bertz CT molecular complexity index is 1150. The van der Waals surface area contributed by atoms with Gasteiger partial charge in [0.2, 0.25) is 0 Å². The maximum atomic E-state index is 12.8. The Labute approximate surface area is 139 Å². The van der Waals surface area contributed by atoms with E-state index < -0.39 is 10.0 Å². The van der Waals surface area contributed by atoms with Gasteiger partial charge in [0.25, 0.3) is 10.0 Å². The summed E-state index contributed by atoms with van der Waals surface area (Å²) in [4.78, 5) is 4.49. The van der Waals surface area contributed by atoms with Gasteiger partial charge in [-0.2, -0.15) is 0 Å². The molecule has 0 spiro atoms. The van der Waals surface area contributed by atoms with Crippen molar-refractivity contribution < 1.29 is 8.42 Å². The van der Waals surface area contributed by atoms with Gasteiger partial charge in [0.05, 0.1) is 16.1 Å². The fraction of sp³-hybridized carbons (Fsp3) is 0. The first-order valence-electron chi connectivity index (χ1n) is 7.49. The van der Waals surface area contributed by atoms with E-state index in [4.69, 9.17) is 0 Å². The highest BCUT2D eigenvalue weighted by molar-refractivity contribution is 7.92. The van der Waals surface area contributed by atoms with E-state index >= 15 is 0 Å². The molecule has 0 saturated heterocycles. The van der Waals surface area contributed by atoms with Gasteiger partial charge in [0.15, 0.2) is 0 Å². The quantitative estimate of drug-likeness (QED) is 0.611. The van der Waals surface area contributed by atoms with Crippen molar-refractivity contribution in [3.8, 4) is 0 Å². The molecule has 0 radical (unpaired) electrons. The first-order chi connectivity index (χ1) is 11.6. The van der Waals surface area contributed by atoms with Crippen LogP contribution in [0.4, 0.5) is 5.69 Å². The Morgan fingerprint density at radius 2 is 1.62 bits per heavy atom. The molecule has 0 aliphatic carbocycles. The number of benzene rings is 3. The molecule has 3 aromatic carbocycles. The van der Waals surface area contributed by atoms with Crippen molar-refractivity contribution in [1.82, 2.24) is 4.98 Å². The van der Waals surface area contributed by atoms with Crippen molar-refractivity contribution in [3.63, 3.8) is 0 Å². The third-order valence-electron chi connectivity index (χ3n) is 3.92. The predicted octanol–water partition coefficient (Wildman–Crippen LogP) is 4.19. The second-order valence-electron chi connectivity index (χ2n) is 5.49. The number of sulfonamides is 1. The molecule has 0 bridgehead atoms. The van der Waals surface area contributed by atoms with Crippen LogP contribution in [0.2, 0.25) is 0 Å². The molecule has 0 fully saturated rings. The SMILES string of the molecule is O=S(=O)(Nc1cccc2ncccc12)c1ccc2ccccc2c1. The highest BCUT2D eigenvalue weighted by atomic mass is 32.2. The van der Waals surface area contributed by atoms with Crippen LogP contribution in [-0.2, 0) is 10.0 Å². The zero-order valence-electron chi connectivity index (χ0n) is 12.7. The molecule has 24 heavy (non-hydrogen) atoms.